The van der Waals surface area contributed by atoms with Gasteiger partial charge in [-0.2, -0.15) is 4.68 Å². The molecule has 2 aromatic heterocycles. The fraction of sp³-hybridized carbons (Fsp3) is 0.0800. The first kappa shape index (κ1) is 21.1. The van der Waals surface area contributed by atoms with Crippen molar-refractivity contribution in [2.24, 2.45) is 0 Å². The average molecular weight is 483 g/mol. The van der Waals surface area contributed by atoms with Gasteiger partial charge in [0.05, 0.1) is 16.7 Å². The van der Waals surface area contributed by atoms with E-state index >= 15 is 0 Å². The maximum Gasteiger partial charge on any atom is 0.251 e. The quantitative estimate of drug-likeness (QED) is 0.387. The predicted octanol–water partition coefficient (Wildman–Crippen LogP) is 4.29. The standard InChI is InChI=1S/C25H19ClN8O/c26-18-12-10-17(11-13-18)22-14-21(16-6-2-1-3-7-16)33(25-30-31-32-34(22)25)15-23(35)29-24-27-19-8-4-5-9-20(19)28-24/h1-14,22H,15H2,(H2,27,28,29,35). The molecule has 3 aromatic carbocycles. The van der Waals surface area contributed by atoms with E-state index in [2.05, 4.69) is 36.9 Å². The zero-order chi connectivity index (χ0) is 23.8. The largest absolute Gasteiger partial charge is 0.324 e. The van der Waals surface area contributed by atoms with E-state index in [-0.39, 0.29) is 18.5 Å². The van der Waals surface area contributed by atoms with Crippen LogP contribution in [0.1, 0.15) is 17.2 Å². The van der Waals surface area contributed by atoms with E-state index in [9.17, 15) is 4.79 Å². The Morgan fingerprint density at radius 3 is 2.57 bits per heavy atom. The Morgan fingerprint density at radius 1 is 1.00 bits per heavy atom. The second kappa shape index (κ2) is 8.69. The van der Waals surface area contributed by atoms with Crippen molar-refractivity contribution in [2.75, 3.05) is 16.8 Å². The number of fused-ring (bicyclic) bond motifs is 2. The minimum Gasteiger partial charge on any atom is -0.324 e. The van der Waals surface area contributed by atoms with Crippen molar-refractivity contribution in [3.63, 3.8) is 0 Å². The molecule has 5 aromatic rings. The van der Waals surface area contributed by atoms with E-state index in [1.807, 2.05) is 78.9 Å². The van der Waals surface area contributed by atoms with Crippen LogP contribution in [0.25, 0.3) is 16.7 Å². The molecule has 3 heterocycles. The van der Waals surface area contributed by atoms with E-state index in [0.29, 0.717) is 16.9 Å². The minimum atomic E-state index is -0.262. The number of aromatic amines is 1. The van der Waals surface area contributed by atoms with Crippen LogP contribution in [-0.2, 0) is 4.79 Å². The van der Waals surface area contributed by atoms with Crippen LogP contribution in [0, 0.1) is 0 Å². The third kappa shape index (κ3) is 4.02. The predicted molar refractivity (Wildman–Crippen MR) is 134 cm³/mol. The second-order valence-electron chi connectivity index (χ2n) is 8.07. The number of H-pyrrole nitrogens is 1. The number of benzene rings is 3. The number of carbonyl (C=O) groups is 1. The van der Waals surface area contributed by atoms with E-state index in [4.69, 9.17) is 11.6 Å². The smallest absolute Gasteiger partial charge is 0.251 e. The molecule has 1 aliphatic heterocycles. The molecule has 6 rings (SSSR count). The lowest BCUT2D eigenvalue weighted by molar-refractivity contribution is -0.114. The number of allylic oxidation sites excluding steroid dienone is 1. The van der Waals surface area contributed by atoms with Crippen molar-refractivity contribution >= 4 is 46.1 Å². The number of carbonyl (C=O) groups excluding carboxylic acids is 1. The van der Waals surface area contributed by atoms with Crippen LogP contribution in [-0.4, -0.2) is 42.6 Å². The Balaban J connectivity index is 1.36. The number of aromatic nitrogens is 6. The third-order valence-electron chi connectivity index (χ3n) is 5.82. The summed E-state index contributed by atoms with van der Waals surface area (Å²) in [5, 5.41) is 15.9. The molecule has 9 nitrogen and oxygen atoms in total. The highest BCUT2D eigenvalue weighted by atomic mass is 35.5. The molecule has 0 fully saturated rings. The van der Waals surface area contributed by atoms with Crippen LogP contribution in [0.15, 0.2) is 84.9 Å². The lowest BCUT2D eigenvalue weighted by Gasteiger charge is -2.32. The summed E-state index contributed by atoms with van der Waals surface area (Å²) in [5.74, 6) is 0.591. The van der Waals surface area contributed by atoms with Gasteiger partial charge in [0, 0.05) is 5.02 Å². The van der Waals surface area contributed by atoms with Gasteiger partial charge >= 0.3 is 0 Å². The number of nitrogens with one attached hydrogen (secondary N) is 2. The Bertz CT molecular complexity index is 1510. The third-order valence-corrected chi connectivity index (χ3v) is 6.07. The van der Waals surface area contributed by atoms with E-state index in [1.165, 1.54) is 0 Å². The molecule has 0 saturated carbocycles. The van der Waals surface area contributed by atoms with Gasteiger partial charge in [-0.3, -0.25) is 15.0 Å². The van der Waals surface area contributed by atoms with Gasteiger partial charge in [-0.05, 0) is 51.9 Å². The summed E-state index contributed by atoms with van der Waals surface area (Å²) in [6, 6.07) is 24.8. The number of para-hydroxylation sites is 2. The molecule has 172 valence electrons. The number of anilines is 2. The fourth-order valence-electron chi connectivity index (χ4n) is 4.21. The number of hydrogen-bond acceptors (Lipinski definition) is 6. The molecule has 1 amide bonds. The van der Waals surface area contributed by atoms with Crippen molar-refractivity contribution in [3.05, 3.63) is 101 Å². The van der Waals surface area contributed by atoms with Gasteiger partial charge in [0.2, 0.25) is 11.9 Å². The van der Waals surface area contributed by atoms with Crippen molar-refractivity contribution in [3.8, 4) is 0 Å². The summed E-state index contributed by atoms with van der Waals surface area (Å²) in [6.07, 6.45) is 2.05. The Hall–Kier alpha value is -4.50. The highest BCUT2D eigenvalue weighted by Gasteiger charge is 2.32. The Kier molecular flexibility index (Phi) is 5.23. The fourth-order valence-corrected chi connectivity index (χ4v) is 4.33. The molecule has 0 bridgehead atoms. The topological polar surface area (TPSA) is 105 Å². The van der Waals surface area contributed by atoms with E-state index in [1.54, 1.807) is 9.58 Å². The Morgan fingerprint density at radius 2 is 1.77 bits per heavy atom. The highest BCUT2D eigenvalue weighted by molar-refractivity contribution is 6.30. The molecule has 2 N–H and O–H groups in total. The van der Waals surface area contributed by atoms with Gasteiger partial charge in [-0.15, -0.1) is 0 Å². The molecule has 10 heteroatoms. The van der Waals surface area contributed by atoms with Crippen LogP contribution in [0.2, 0.25) is 5.02 Å². The molecule has 0 aliphatic carbocycles. The molecule has 0 radical (unpaired) electrons. The number of imidazole rings is 1. The first-order valence-electron chi connectivity index (χ1n) is 11.0. The Labute approximate surface area is 205 Å². The summed E-state index contributed by atoms with van der Waals surface area (Å²) in [7, 11) is 0. The lowest BCUT2D eigenvalue weighted by Crippen LogP contribution is -2.37. The summed E-state index contributed by atoms with van der Waals surface area (Å²) in [4.78, 5) is 22.5. The number of halogens is 1. The minimum absolute atomic E-state index is 0.00845. The van der Waals surface area contributed by atoms with E-state index < -0.39 is 0 Å². The van der Waals surface area contributed by atoms with Crippen LogP contribution >= 0.6 is 11.6 Å². The van der Waals surface area contributed by atoms with Gasteiger partial charge in [0.25, 0.3) is 5.95 Å². The molecule has 35 heavy (non-hydrogen) atoms. The van der Waals surface area contributed by atoms with Crippen LogP contribution < -0.4 is 10.2 Å². The average Bonchev–Trinajstić information content (AvgIpc) is 3.52. The van der Waals surface area contributed by atoms with Crippen LogP contribution in [0.3, 0.4) is 0 Å². The molecular formula is C25H19ClN8O. The second-order valence-corrected chi connectivity index (χ2v) is 8.51. The van der Waals surface area contributed by atoms with Crippen molar-refractivity contribution in [1.82, 2.24) is 30.2 Å². The monoisotopic (exact) mass is 482 g/mol. The molecule has 0 spiro atoms. The van der Waals surface area contributed by atoms with Gasteiger partial charge < -0.3 is 4.98 Å². The molecular weight excluding hydrogens is 464 g/mol. The lowest BCUT2D eigenvalue weighted by atomic mass is 10.0. The number of nitrogens with zero attached hydrogens (tertiary/aromatic N) is 6. The number of hydrogen-bond donors (Lipinski definition) is 2. The van der Waals surface area contributed by atoms with Gasteiger partial charge in [-0.1, -0.05) is 71.3 Å². The summed E-state index contributed by atoms with van der Waals surface area (Å²) in [5.41, 5.74) is 4.37. The van der Waals surface area contributed by atoms with Crippen molar-refractivity contribution < 1.29 is 4.79 Å². The van der Waals surface area contributed by atoms with Crippen LogP contribution in [0.4, 0.5) is 11.9 Å². The summed E-state index contributed by atoms with van der Waals surface area (Å²) in [6.45, 7) is -0.00845. The molecule has 1 aliphatic rings. The van der Waals surface area contributed by atoms with Gasteiger partial charge in [-0.25, -0.2) is 4.98 Å². The van der Waals surface area contributed by atoms with Gasteiger partial charge in [0.1, 0.15) is 12.6 Å². The number of rotatable bonds is 5. The number of tetrazole rings is 1. The van der Waals surface area contributed by atoms with Crippen molar-refractivity contribution in [2.45, 2.75) is 6.04 Å². The van der Waals surface area contributed by atoms with E-state index in [0.717, 1.165) is 27.9 Å². The first-order valence-corrected chi connectivity index (χ1v) is 11.4. The molecule has 0 saturated heterocycles. The first-order chi connectivity index (χ1) is 17.2. The zero-order valence-electron chi connectivity index (χ0n) is 18.3. The van der Waals surface area contributed by atoms with Gasteiger partial charge in [0.15, 0.2) is 0 Å². The molecule has 1 unspecified atom stereocenters. The number of amides is 1. The zero-order valence-corrected chi connectivity index (χ0v) is 19.1. The summed E-state index contributed by atoms with van der Waals surface area (Å²) < 4.78 is 1.70. The highest BCUT2D eigenvalue weighted by Crippen LogP contribution is 2.36. The normalized spacial score (nSPS) is 15.1. The van der Waals surface area contributed by atoms with Crippen molar-refractivity contribution in [1.29, 1.82) is 0 Å². The molecule has 1 atom stereocenters. The maximum absolute atomic E-state index is 13.1. The van der Waals surface area contributed by atoms with Crippen LogP contribution in [0.5, 0.6) is 0 Å². The SMILES string of the molecule is O=C(CN1C(c2ccccc2)=CC(c2ccc(Cl)cc2)n2nnnc21)Nc1nc2ccccc2[nH]1. The maximum atomic E-state index is 13.1. The summed E-state index contributed by atoms with van der Waals surface area (Å²) >= 11 is 6.10.